The molecule has 27 heavy (non-hydrogen) atoms. The Morgan fingerprint density at radius 3 is 2.78 bits per heavy atom. The van der Waals surface area contributed by atoms with Crippen molar-refractivity contribution in [1.82, 2.24) is 14.8 Å². The van der Waals surface area contributed by atoms with Crippen LogP contribution in [0.15, 0.2) is 48.5 Å². The molecule has 4 rings (SSSR count). The molecule has 1 aromatic heterocycles. The number of halogens is 2. The molecule has 3 aromatic rings. The van der Waals surface area contributed by atoms with Crippen molar-refractivity contribution in [1.29, 1.82) is 0 Å². The van der Waals surface area contributed by atoms with Gasteiger partial charge in [0.2, 0.25) is 11.9 Å². The summed E-state index contributed by atoms with van der Waals surface area (Å²) in [6.07, 6.45) is -0.147. The normalized spacial score (nSPS) is 15.3. The smallest absolute Gasteiger partial charge is 0.252 e. The van der Waals surface area contributed by atoms with Crippen LogP contribution < -0.4 is 10.6 Å². The third-order valence-electron chi connectivity index (χ3n) is 4.08. The second-order valence-corrected chi connectivity index (χ2v) is 6.36. The quantitative estimate of drug-likeness (QED) is 0.721. The minimum Gasteiger partial charge on any atom is -0.326 e. The number of aromatic nitrogens is 3. The average molecular weight is 386 g/mol. The molecule has 0 radical (unpaired) electrons. The third kappa shape index (κ3) is 3.39. The molecule has 0 saturated heterocycles. The number of nitrogens with one attached hydrogen (secondary N) is 2. The first-order chi connectivity index (χ1) is 13.0. The SMILES string of the molecule is O=C(C[C@@H]1C(=O)Nc2nc(-c3ccccc3)nn21)Nc1ccc(F)c(Cl)c1. The van der Waals surface area contributed by atoms with Gasteiger partial charge in [0.15, 0.2) is 5.82 Å². The molecule has 2 amide bonds. The molecular formula is C18H13ClFN5O2. The van der Waals surface area contributed by atoms with Crippen molar-refractivity contribution in [2.45, 2.75) is 12.5 Å². The van der Waals surface area contributed by atoms with Crippen LogP contribution in [0.25, 0.3) is 11.4 Å². The van der Waals surface area contributed by atoms with Crippen molar-refractivity contribution in [2.24, 2.45) is 0 Å². The fraction of sp³-hybridized carbons (Fsp3) is 0.111. The second-order valence-electron chi connectivity index (χ2n) is 5.96. The fourth-order valence-electron chi connectivity index (χ4n) is 2.78. The van der Waals surface area contributed by atoms with Crippen molar-refractivity contribution in [3.63, 3.8) is 0 Å². The molecule has 0 fully saturated rings. The molecule has 9 heteroatoms. The van der Waals surface area contributed by atoms with Crippen molar-refractivity contribution < 1.29 is 14.0 Å². The predicted molar refractivity (Wildman–Crippen MR) is 97.8 cm³/mol. The highest BCUT2D eigenvalue weighted by Crippen LogP contribution is 2.28. The Bertz CT molecular complexity index is 1040. The molecule has 2 heterocycles. The molecule has 1 atom stereocenters. The zero-order chi connectivity index (χ0) is 19.0. The van der Waals surface area contributed by atoms with E-state index in [0.717, 1.165) is 11.6 Å². The van der Waals surface area contributed by atoms with E-state index >= 15 is 0 Å². The van der Waals surface area contributed by atoms with Crippen LogP contribution in [0, 0.1) is 5.82 Å². The van der Waals surface area contributed by atoms with E-state index in [2.05, 4.69) is 20.7 Å². The summed E-state index contributed by atoms with van der Waals surface area (Å²) in [6, 6.07) is 12.3. The third-order valence-corrected chi connectivity index (χ3v) is 4.37. The second kappa shape index (κ2) is 6.81. The Labute approximate surface area is 158 Å². The molecule has 2 aromatic carbocycles. The van der Waals surface area contributed by atoms with E-state index in [9.17, 15) is 14.0 Å². The van der Waals surface area contributed by atoms with Gasteiger partial charge in [-0.15, -0.1) is 5.10 Å². The van der Waals surface area contributed by atoms with Gasteiger partial charge in [-0.1, -0.05) is 41.9 Å². The van der Waals surface area contributed by atoms with Crippen LogP contribution >= 0.6 is 11.6 Å². The highest BCUT2D eigenvalue weighted by molar-refractivity contribution is 6.31. The van der Waals surface area contributed by atoms with Gasteiger partial charge in [0.1, 0.15) is 11.9 Å². The lowest BCUT2D eigenvalue weighted by Gasteiger charge is -2.10. The lowest BCUT2D eigenvalue weighted by Crippen LogP contribution is -2.23. The van der Waals surface area contributed by atoms with Crippen molar-refractivity contribution >= 4 is 35.1 Å². The number of rotatable bonds is 4. The van der Waals surface area contributed by atoms with Crippen LogP contribution in [0.3, 0.4) is 0 Å². The lowest BCUT2D eigenvalue weighted by atomic mass is 10.2. The molecule has 0 saturated carbocycles. The van der Waals surface area contributed by atoms with Crippen LogP contribution in [0.5, 0.6) is 0 Å². The van der Waals surface area contributed by atoms with Crippen LogP contribution in [0.2, 0.25) is 5.02 Å². The number of anilines is 2. The average Bonchev–Trinajstić information content (AvgIpc) is 3.18. The maximum atomic E-state index is 13.2. The van der Waals surface area contributed by atoms with Crippen molar-refractivity contribution in [3.8, 4) is 11.4 Å². The highest BCUT2D eigenvalue weighted by atomic mass is 35.5. The summed E-state index contributed by atoms with van der Waals surface area (Å²) in [5, 5.41) is 9.47. The highest BCUT2D eigenvalue weighted by Gasteiger charge is 2.35. The molecule has 1 aliphatic rings. The van der Waals surface area contributed by atoms with Crippen LogP contribution in [-0.4, -0.2) is 26.6 Å². The molecule has 0 unspecified atom stereocenters. The molecular weight excluding hydrogens is 373 g/mol. The van der Waals surface area contributed by atoms with E-state index in [4.69, 9.17) is 11.6 Å². The molecule has 0 aliphatic carbocycles. The van der Waals surface area contributed by atoms with E-state index in [1.54, 1.807) is 0 Å². The van der Waals surface area contributed by atoms with E-state index in [1.807, 2.05) is 30.3 Å². The Kier molecular flexibility index (Phi) is 4.33. The largest absolute Gasteiger partial charge is 0.326 e. The zero-order valence-electron chi connectivity index (χ0n) is 13.8. The topological polar surface area (TPSA) is 88.9 Å². The summed E-state index contributed by atoms with van der Waals surface area (Å²) in [4.78, 5) is 28.8. The number of amides is 2. The first-order valence-electron chi connectivity index (χ1n) is 8.09. The van der Waals surface area contributed by atoms with Gasteiger partial charge in [-0.05, 0) is 18.2 Å². The summed E-state index contributed by atoms with van der Waals surface area (Å²) in [5.74, 6) is -0.618. The Balaban J connectivity index is 1.51. The molecule has 0 spiro atoms. The maximum Gasteiger partial charge on any atom is 0.252 e. The standard InChI is InChI=1S/C18H13ClFN5O2/c19-12-8-11(6-7-13(12)20)21-15(26)9-14-17(27)23-18-22-16(24-25(14)18)10-4-2-1-3-5-10/h1-8,14H,9H2,(H,21,26)(H,22,23,24,27)/t14-/m1/s1. The van der Waals surface area contributed by atoms with Gasteiger partial charge in [0.25, 0.3) is 5.91 Å². The van der Waals surface area contributed by atoms with Gasteiger partial charge in [-0.3, -0.25) is 14.9 Å². The molecule has 136 valence electrons. The van der Waals surface area contributed by atoms with Gasteiger partial charge in [-0.2, -0.15) is 4.98 Å². The molecule has 1 aliphatic heterocycles. The van der Waals surface area contributed by atoms with Crippen molar-refractivity contribution in [2.75, 3.05) is 10.6 Å². The van der Waals surface area contributed by atoms with E-state index in [-0.39, 0.29) is 17.4 Å². The van der Waals surface area contributed by atoms with Gasteiger partial charge < -0.3 is 5.32 Å². The summed E-state index contributed by atoms with van der Waals surface area (Å²) >= 11 is 5.71. The number of hydrogen-bond acceptors (Lipinski definition) is 4. The van der Waals surface area contributed by atoms with Crippen molar-refractivity contribution in [3.05, 3.63) is 59.4 Å². The molecule has 2 N–H and O–H groups in total. The predicted octanol–water partition coefficient (Wildman–Crippen LogP) is 3.26. The zero-order valence-corrected chi connectivity index (χ0v) is 14.6. The minimum absolute atomic E-state index is 0.0996. The minimum atomic E-state index is -0.819. The molecule has 0 bridgehead atoms. The van der Waals surface area contributed by atoms with E-state index in [1.165, 1.54) is 16.8 Å². The Hall–Kier alpha value is -3.26. The van der Waals surface area contributed by atoms with Gasteiger partial charge in [-0.25, -0.2) is 9.07 Å². The van der Waals surface area contributed by atoms with Gasteiger partial charge in [0, 0.05) is 11.3 Å². The number of hydrogen-bond donors (Lipinski definition) is 2. The van der Waals surface area contributed by atoms with Crippen LogP contribution in [0.1, 0.15) is 12.5 Å². The first kappa shape index (κ1) is 17.2. The summed E-state index contributed by atoms with van der Waals surface area (Å²) in [7, 11) is 0. The fourth-order valence-corrected chi connectivity index (χ4v) is 2.96. The first-order valence-corrected chi connectivity index (χ1v) is 8.47. The summed E-state index contributed by atoms with van der Waals surface area (Å²) < 4.78 is 14.6. The number of fused-ring (bicyclic) bond motifs is 1. The number of carbonyl (C=O) groups excluding carboxylic acids is 2. The van der Waals surface area contributed by atoms with E-state index < -0.39 is 17.8 Å². The Morgan fingerprint density at radius 1 is 1.26 bits per heavy atom. The van der Waals surface area contributed by atoms with Gasteiger partial charge in [0.05, 0.1) is 11.4 Å². The summed E-state index contributed by atoms with van der Waals surface area (Å²) in [5.41, 5.74) is 1.14. The number of carbonyl (C=O) groups is 2. The monoisotopic (exact) mass is 385 g/mol. The molecule has 7 nitrogen and oxygen atoms in total. The van der Waals surface area contributed by atoms with E-state index in [0.29, 0.717) is 17.5 Å². The Morgan fingerprint density at radius 2 is 2.04 bits per heavy atom. The maximum absolute atomic E-state index is 13.2. The van der Waals surface area contributed by atoms with Crippen LogP contribution in [0.4, 0.5) is 16.0 Å². The number of benzene rings is 2. The lowest BCUT2D eigenvalue weighted by molar-refractivity contribution is -0.123. The summed E-state index contributed by atoms with van der Waals surface area (Å²) in [6.45, 7) is 0. The van der Waals surface area contributed by atoms with Gasteiger partial charge >= 0.3 is 0 Å². The number of nitrogens with zero attached hydrogens (tertiary/aromatic N) is 3. The van der Waals surface area contributed by atoms with Crippen LogP contribution in [-0.2, 0) is 9.59 Å².